The van der Waals surface area contributed by atoms with E-state index in [1.54, 1.807) is 0 Å². The van der Waals surface area contributed by atoms with Crippen molar-refractivity contribution in [2.24, 2.45) is 5.92 Å². The maximum Gasteiger partial charge on any atom is 0.270 e. The average molecular weight is 338 g/mol. The number of rotatable bonds is 2. The molecule has 4 nitrogen and oxygen atoms in total. The number of amides is 1. The Hall–Kier alpha value is -0.810. The zero-order chi connectivity index (χ0) is 13.7. The van der Waals surface area contributed by atoms with Crippen LogP contribution in [0.25, 0.3) is 0 Å². The fourth-order valence-corrected chi connectivity index (χ4v) is 4.18. The third-order valence-electron chi connectivity index (χ3n) is 4.91. The van der Waals surface area contributed by atoms with Crippen LogP contribution in [0.3, 0.4) is 0 Å². The van der Waals surface area contributed by atoms with Crippen molar-refractivity contribution < 1.29 is 4.79 Å². The molecule has 0 radical (unpaired) electrons. The lowest BCUT2D eigenvalue weighted by Gasteiger charge is -2.37. The molecule has 2 saturated heterocycles. The smallest absolute Gasteiger partial charge is 0.270 e. The lowest BCUT2D eigenvalue weighted by Crippen LogP contribution is -2.48. The quantitative estimate of drug-likeness (QED) is 0.899. The molecule has 2 atom stereocenters. The Labute approximate surface area is 127 Å². The molecule has 1 aromatic rings. The molecule has 1 aromatic heterocycles. The molecule has 108 valence electrons. The van der Waals surface area contributed by atoms with E-state index in [1.807, 2.05) is 6.07 Å². The van der Waals surface area contributed by atoms with Gasteiger partial charge in [0.05, 0.1) is 0 Å². The molecule has 1 N–H and O–H groups in total. The maximum absolute atomic E-state index is 13.0. The number of carbonyl (C=O) groups excluding carboxylic acids is 1. The van der Waals surface area contributed by atoms with Crippen LogP contribution in [0.2, 0.25) is 0 Å². The number of likely N-dealkylation sites (tertiary alicyclic amines) is 1. The van der Waals surface area contributed by atoms with Crippen molar-refractivity contribution in [1.29, 1.82) is 0 Å². The zero-order valence-corrected chi connectivity index (χ0v) is 13.1. The van der Waals surface area contributed by atoms with E-state index in [-0.39, 0.29) is 5.91 Å². The molecule has 0 spiro atoms. The molecule has 1 amide bonds. The molecule has 4 rings (SSSR count). The molecule has 20 heavy (non-hydrogen) atoms. The van der Waals surface area contributed by atoms with Crippen LogP contribution in [0.5, 0.6) is 0 Å². The van der Waals surface area contributed by atoms with Crippen molar-refractivity contribution in [3.8, 4) is 0 Å². The SMILES string of the molecule is O=C(c1cc(Br)cn1C1CC1)N1CCCC2CNCC21. The number of carbonyl (C=O) groups is 1. The minimum atomic E-state index is 0.223. The van der Waals surface area contributed by atoms with Gasteiger partial charge in [0.2, 0.25) is 0 Å². The largest absolute Gasteiger partial charge is 0.339 e. The van der Waals surface area contributed by atoms with Crippen molar-refractivity contribution >= 4 is 21.8 Å². The third kappa shape index (κ3) is 2.11. The van der Waals surface area contributed by atoms with Crippen LogP contribution >= 0.6 is 15.9 Å². The Balaban J connectivity index is 1.63. The Morgan fingerprint density at radius 1 is 1.30 bits per heavy atom. The molecule has 0 bridgehead atoms. The van der Waals surface area contributed by atoms with Gasteiger partial charge >= 0.3 is 0 Å². The summed E-state index contributed by atoms with van der Waals surface area (Å²) in [6, 6.07) is 2.94. The highest BCUT2D eigenvalue weighted by molar-refractivity contribution is 9.10. The highest BCUT2D eigenvalue weighted by Gasteiger charge is 2.39. The van der Waals surface area contributed by atoms with Crippen molar-refractivity contribution in [2.75, 3.05) is 19.6 Å². The lowest BCUT2D eigenvalue weighted by atomic mass is 9.92. The van der Waals surface area contributed by atoms with E-state index >= 15 is 0 Å². The lowest BCUT2D eigenvalue weighted by molar-refractivity contribution is 0.0563. The number of halogens is 1. The van der Waals surface area contributed by atoms with Gasteiger partial charge in [-0.3, -0.25) is 4.79 Å². The van der Waals surface area contributed by atoms with Crippen molar-refractivity contribution in [2.45, 2.75) is 37.8 Å². The van der Waals surface area contributed by atoms with Gasteiger partial charge in [0.15, 0.2) is 0 Å². The predicted molar refractivity (Wildman–Crippen MR) is 80.8 cm³/mol. The van der Waals surface area contributed by atoms with Gasteiger partial charge < -0.3 is 14.8 Å². The molecule has 3 fully saturated rings. The van der Waals surface area contributed by atoms with E-state index in [4.69, 9.17) is 0 Å². The summed E-state index contributed by atoms with van der Waals surface area (Å²) in [4.78, 5) is 15.1. The van der Waals surface area contributed by atoms with E-state index in [0.717, 1.165) is 36.2 Å². The predicted octanol–water partition coefficient (Wildman–Crippen LogP) is 2.41. The second-order valence-corrected chi connectivity index (χ2v) is 7.22. The van der Waals surface area contributed by atoms with E-state index < -0.39 is 0 Å². The zero-order valence-electron chi connectivity index (χ0n) is 11.5. The number of nitrogens with zero attached hydrogens (tertiary/aromatic N) is 2. The number of aromatic nitrogens is 1. The summed E-state index contributed by atoms with van der Waals surface area (Å²) in [5.74, 6) is 0.876. The summed E-state index contributed by atoms with van der Waals surface area (Å²) < 4.78 is 3.20. The minimum Gasteiger partial charge on any atom is -0.339 e. The van der Waals surface area contributed by atoms with Crippen LogP contribution in [0.1, 0.15) is 42.2 Å². The van der Waals surface area contributed by atoms with Crippen molar-refractivity contribution in [1.82, 2.24) is 14.8 Å². The molecule has 2 aliphatic heterocycles. The first-order valence-corrected chi connectivity index (χ1v) is 8.42. The molecule has 2 unspecified atom stereocenters. The fraction of sp³-hybridized carbons (Fsp3) is 0.667. The summed E-state index contributed by atoms with van der Waals surface area (Å²) in [7, 11) is 0. The van der Waals surface area contributed by atoms with Crippen LogP contribution in [-0.2, 0) is 0 Å². The van der Waals surface area contributed by atoms with Crippen LogP contribution in [0.15, 0.2) is 16.7 Å². The average Bonchev–Trinajstić information content (AvgIpc) is 3.05. The van der Waals surface area contributed by atoms with E-state index in [0.29, 0.717) is 18.0 Å². The van der Waals surface area contributed by atoms with Gasteiger partial charge in [-0.15, -0.1) is 0 Å². The highest BCUT2D eigenvalue weighted by Crippen LogP contribution is 2.38. The monoisotopic (exact) mass is 337 g/mol. The standard InChI is InChI=1S/C15H20BrN3O/c16-11-6-13(19(9-11)12-3-4-12)15(20)18-5-1-2-10-7-17-8-14(10)18/h6,9-10,12,14,17H,1-5,7-8H2. The van der Waals surface area contributed by atoms with Crippen LogP contribution in [0.4, 0.5) is 0 Å². The van der Waals surface area contributed by atoms with E-state index in [2.05, 4.69) is 36.9 Å². The Kier molecular flexibility index (Phi) is 3.15. The van der Waals surface area contributed by atoms with Crippen molar-refractivity contribution in [3.05, 3.63) is 22.4 Å². The van der Waals surface area contributed by atoms with Gasteiger partial charge in [-0.25, -0.2) is 0 Å². The summed E-state index contributed by atoms with van der Waals surface area (Å²) in [5.41, 5.74) is 0.868. The summed E-state index contributed by atoms with van der Waals surface area (Å²) >= 11 is 3.52. The molecular formula is C15H20BrN3O. The number of piperidine rings is 1. The first kappa shape index (κ1) is 12.9. The van der Waals surface area contributed by atoms with Crippen LogP contribution in [-0.4, -0.2) is 41.1 Å². The Bertz CT molecular complexity index is 537. The van der Waals surface area contributed by atoms with Gasteiger partial charge in [0.1, 0.15) is 5.69 Å². The topological polar surface area (TPSA) is 37.3 Å². The normalized spacial score (nSPS) is 29.6. The van der Waals surface area contributed by atoms with Gasteiger partial charge in [-0.05, 0) is 53.6 Å². The summed E-state index contributed by atoms with van der Waals surface area (Å²) in [6.45, 7) is 2.94. The Morgan fingerprint density at radius 3 is 2.95 bits per heavy atom. The van der Waals surface area contributed by atoms with E-state index in [1.165, 1.54) is 19.3 Å². The Morgan fingerprint density at radius 2 is 2.15 bits per heavy atom. The molecule has 0 aromatic carbocycles. The maximum atomic E-state index is 13.0. The molecule has 5 heteroatoms. The molecule has 3 aliphatic rings. The van der Waals surface area contributed by atoms with Gasteiger partial charge in [0, 0.05) is 42.4 Å². The first-order chi connectivity index (χ1) is 9.74. The summed E-state index contributed by atoms with van der Waals surface area (Å²) in [6.07, 6.45) is 6.87. The second-order valence-electron chi connectivity index (χ2n) is 6.31. The fourth-order valence-electron chi connectivity index (χ4n) is 3.74. The number of nitrogens with one attached hydrogen (secondary N) is 1. The highest BCUT2D eigenvalue weighted by atomic mass is 79.9. The van der Waals surface area contributed by atoms with Gasteiger partial charge in [-0.1, -0.05) is 0 Å². The number of fused-ring (bicyclic) bond motifs is 1. The van der Waals surface area contributed by atoms with Crippen LogP contribution in [0, 0.1) is 5.92 Å². The molecule has 1 saturated carbocycles. The van der Waals surface area contributed by atoms with Gasteiger partial charge in [0.25, 0.3) is 5.91 Å². The second kappa shape index (κ2) is 4.88. The molecule has 3 heterocycles. The molecular weight excluding hydrogens is 318 g/mol. The van der Waals surface area contributed by atoms with E-state index in [9.17, 15) is 4.79 Å². The molecule has 1 aliphatic carbocycles. The summed E-state index contributed by atoms with van der Waals surface area (Å²) in [5, 5.41) is 3.45. The van der Waals surface area contributed by atoms with Gasteiger partial charge in [-0.2, -0.15) is 0 Å². The van der Waals surface area contributed by atoms with Crippen LogP contribution < -0.4 is 5.32 Å². The first-order valence-electron chi connectivity index (χ1n) is 7.63. The minimum absolute atomic E-state index is 0.223. The van der Waals surface area contributed by atoms with Crippen molar-refractivity contribution in [3.63, 3.8) is 0 Å². The number of hydrogen-bond donors (Lipinski definition) is 1. The number of hydrogen-bond acceptors (Lipinski definition) is 2. The third-order valence-corrected chi connectivity index (χ3v) is 5.35.